The lowest BCUT2D eigenvalue weighted by molar-refractivity contribution is -0.123. The molecule has 2 amide bonds. The summed E-state index contributed by atoms with van der Waals surface area (Å²) >= 11 is 1.46. The first kappa shape index (κ1) is 15.5. The predicted octanol–water partition coefficient (Wildman–Crippen LogP) is 1.98. The maximum Gasteiger partial charge on any atom is 0.241 e. The second-order valence-electron chi connectivity index (χ2n) is 6.06. The van der Waals surface area contributed by atoms with Crippen LogP contribution >= 0.6 is 11.3 Å². The summed E-state index contributed by atoms with van der Waals surface area (Å²) in [6.07, 6.45) is 0. The molecule has 2 saturated heterocycles. The minimum Gasteiger partial charge on any atom is -0.279 e. The fourth-order valence-corrected chi connectivity index (χ4v) is 4.41. The molecule has 2 fully saturated rings. The van der Waals surface area contributed by atoms with Crippen LogP contribution in [0.5, 0.6) is 0 Å². The van der Waals surface area contributed by atoms with E-state index in [0.29, 0.717) is 5.69 Å². The van der Waals surface area contributed by atoms with Gasteiger partial charge in [-0.1, -0.05) is 18.2 Å². The van der Waals surface area contributed by atoms with Gasteiger partial charge in [-0.25, -0.2) is 4.90 Å². The first-order valence-electron chi connectivity index (χ1n) is 7.68. The lowest BCUT2D eigenvalue weighted by Crippen LogP contribution is -2.48. The van der Waals surface area contributed by atoms with Crippen molar-refractivity contribution in [1.82, 2.24) is 5.32 Å². The molecule has 3 heterocycles. The van der Waals surface area contributed by atoms with Crippen molar-refractivity contribution in [1.29, 1.82) is 10.5 Å². The minimum atomic E-state index is -1.71. The number of nitrogens with one attached hydrogen (secondary N) is 1. The van der Waals surface area contributed by atoms with Gasteiger partial charge < -0.3 is 0 Å². The second kappa shape index (κ2) is 5.52. The molecule has 0 unspecified atom stereocenters. The molecule has 1 N–H and O–H groups in total. The highest BCUT2D eigenvalue weighted by Crippen LogP contribution is 2.49. The number of anilines is 1. The molecule has 0 saturated carbocycles. The number of amides is 2. The van der Waals surface area contributed by atoms with E-state index in [-0.39, 0.29) is 5.91 Å². The number of nitrogens with zero attached hydrogens (tertiary/aromatic N) is 3. The van der Waals surface area contributed by atoms with Crippen LogP contribution in [0.4, 0.5) is 5.69 Å². The molecule has 0 spiro atoms. The summed E-state index contributed by atoms with van der Waals surface area (Å²) in [5, 5.41) is 25.9. The standard InChI is InChI=1S/C18H12N4O2S/c19-9-18(10-20)14-13(15(21-18)11-6-7-25-8-11)16(23)22(17(14)24)12-4-2-1-3-5-12/h1-8,13-15,21H/t13-,14-,15-/m0/s1. The van der Waals surface area contributed by atoms with Gasteiger partial charge in [0.05, 0.1) is 17.5 Å². The molecule has 2 aromatic rings. The lowest BCUT2D eigenvalue weighted by atomic mass is 9.81. The van der Waals surface area contributed by atoms with Crippen molar-refractivity contribution in [3.63, 3.8) is 0 Å². The van der Waals surface area contributed by atoms with Crippen LogP contribution in [-0.4, -0.2) is 17.4 Å². The number of para-hydroxylation sites is 1. The Morgan fingerprint density at radius 1 is 1.08 bits per heavy atom. The number of hydrogen-bond donors (Lipinski definition) is 1. The molecule has 2 aliphatic heterocycles. The Bertz CT molecular complexity index is 912. The van der Waals surface area contributed by atoms with Crippen LogP contribution in [-0.2, 0) is 9.59 Å². The van der Waals surface area contributed by atoms with Gasteiger partial charge in [-0.15, -0.1) is 0 Å². The molecular formula is C18H12N4O2S. The van der Waals surface area contributed by atoms with Gasteiger partial charge in [-0.3, -0.25) is 14.9 Å². The number of carbonyl (C=O) groups excluding carboxylic acids is 2. The fraction of sp³-hybridized carbons (Fsp3) is 0.222. The fourth-order valence-electron chi connectivity index (χ4n) is 3.71. The third-order valence-corrected chi connectivity index (χ3v) is 5.53. The Balaban J connectivity index is 1.85. The summed E-state index contributed by atoms with van der Waals surface area (Å²) in [5.41, 5.74) is -0.447. The summed E-state index contributed by atoms with van der Waals surface area (Å²) in [5.74, 6) is -2.69. The molecule has 1 aromatic heterocycles. The van der Waals surface area contributed by atoms with Crippen LogP contribution < -0.4 is 10.2 Å². The van der Waals surface area contributed by atoms with Gasteiger partial charge in [0.25, 0.3) is 0 Å². The van der Waals surface area contributed by atoms with Crippen molar-refractivity contribution in [2.45, 2.75) is 11.6 Å². The van der Waals surface area contributed by atoms with E-state index in [1.165, 1.54) is 11.3 Å². The Kier molecular flexibility index (Phi) is 3.43. The summed E-state index contributed by atoms with van der Waals surface area (Å²) in [7, 11) is 0. The number of hydrogen-bond acceptors (Lipinski definition) is 6. The van der Waals surface area contributed by atoms with Crippen LogP contribution in [0.25, 0.3) is 0 Å². The number of carbonyl (C=O) groups is 2. The molecule has 2 aliphatic rings. The smallest absolute Gasteiger partial charge is 0.241 e. The maximum absolute atomic E-state index is 13.1. The highest BCUT2D eigenvalue weighted by molar-refractivity contribution is 7.08. The van der Waals surface area contributed by atoms with E-state index in [4.69, 9.17) is 0 Å². The minimum absolute atomic E-state index is 0.378. The molecule has 0 radical (unpaired) electrons. The van der Waals surface area contributed by atoms with Crippen LogP contribution in [0, 0.1) is 34.5 Å². The number of thiophene rings is 1. The van der Waals surface area contributed by atoms with Gasteiger partial charge in [0.15, 0.2) is 0 Å². The van der Waals surface area contributed by atoms with Crippen molar-refractivity contribution in [3.8, 4) is 12.1 Å². The van der Waals surface area contributed by atoms with Crippen LogP contribution in [0.15, 0.2) is 47.2 Å². The van der Waals surface area contributed by atoms with Gasteiger partial charge in [-0.2, -0.15) is 21.9 Å². The molecular weight excluding hydrogens is 336 g/mol. The zero-order valence-corrected chi connectivity index (χ0v) is 13.7. The third kappa shape index (κ3) is 2.04. The highest BCUT2D eigenvalue weighted by atomic mass is 32.1. The van der Waals surface area contributed by atoms with Crippen molar-refractivity contribution in [2.75, 3.05) is 4.90 Å². The van der Waals surface area contributed by atoms with Crippen molar-refractivity contribution < 1.29 is 9.59 Å². The molecule has 25 heavy (non-hydrogen) atoms. The topological polar surface area (TPSA) is 97.0 Å². The summed E-state index contributed by atoms with van der Waals surface area (Å²) < 4.78 is 0. The molecule has 0 aliphatic carbocycles. The number of benzene rings is 1. The number of imide groups is 1. The lowest BCUT2D eigenvalue weighted by Gasteiger charge is -2.23. The highest BCUT2D eigenvalue weighted by Gasteiger charge is 2.67. The van der Waals surface area contributed by atoms with Gasteiger partial charge in [-0.05, 0) is 34.5 Å². The van der Waals surface area contributed by atoms with E-state index in [0.717, 1.165) is 10.5 Å². The van der Waals surface area contributed by atoms with E-state index in [2.05, 4.69) is 5.32 Å². The molecule has 6 nitrogen and oxygen atoms in total. The van der Waals surface area contributed by atoms with Gasteiger partial charge in [0.2, 0.25) is 17.4 Å². The SMILES string of the molecule is N#CC1(C#N)N[C@@H](c2ccsc2)[C@H]2C(=O)N(c3ccccc3)C(=O)[C@H]21. The van der Waals surface area contributed by atoms with Crippen LogP contribution in [0.2, 0.25) is 0 Å². The number of nitriles is 2. The Hall–Kier alpha value is -3.00. The van der Waals surface area contributed by atoms with Crippen LogP contribution in [0.1, 0.15) is 11.6 Å². The van der Waals surface area contributed by atoms with Gasteiger partial charge in [0, 0.05) is 6.04 Å². The molecule has 1 aromatic carbocycles. The van der Waals surface area contributed by atoms with Crippen molar-refractivity contribution in [2.24, 2.45) is 11.8 Å². The molecule has 7 heteroatoms. The number of rotatable bonds is 2. The van der Waals surface area contributed by atoms with E-state index in [9.17, 15) is 20.1 Å². The largest absolute Gasteiger partial charge is 0.279 e. The van der Waals surface area contributed by atoms with Gasteiger partial charge in [0.1, 0.15) is 12.1 Å². The first-order chi connectivity index (χ1) is 12.1. The van der Waals surface area contributed by atoms with E-state index in [1.54, 1.807) is 30.3 Å². The number of fused-ring (bicyclic) bond motifs is 1. The van der Waals surface area contributed by atoms with E-state index >= 15 is 0 Å². The Morgan fingerprint density at radius 2 is 1.80 bits per heavy atom. The average molecular weight is 348 g/mol. The van der Waals surface area contributed by atoms with Crippen LogP contribution in [0.3, 0.4) is 0 Å². The van der Waals surface area contributed by atoms with Gasteiger partial charge >= 0.3 is 0 Å². The zero-order valence-electron chi connectivity index (χ0n) is 12.9. The second-order valence-corrected chi connectivity index (χ2v) is 6.84. The normalized spacial score (nSPS) is 27.0. The Morgan fingerprint density at radius 3 is 2.40 bits per heavy atom. The average Bonchev–Trinajstić information content (AvgIpc) is 3.33. The first-order valence-corrected chi connectivity index (χ1v) is 8.62. The Labute approximate surface area is 147 Å². The maximum atomic E-state index is 13.1. The van der Waals surface area contributed by atoms with Crippen molar-refractivity contribution in [3.05, 3.63) is 52.7 Å². The summed E-state index contributed by atoms with van der Waals surface area (Å²) in [4.78, 5) is 27.2. The monoisotopic (exact) mass is 348 g/mol. The molecule has 122 valence electrons. The summed E-state index contributed by atoms with van der Waals surface area (Å²) in [6, 6.07) is 13.8. The van der Waals surface area contributed by atoms with E-state index in [1.807, 2.05) is 29.0 Å². The predicted molar refractivity (Wildman–Crippen MR) is 90.1 cm³/mol. The molecule has 3 atom stereocenters. The summed E-state index contributed by atoms with van der Waals surface area (Å²) in [6.45, 7) is 0. The molecule has 0 bridgehead atoms. The van der Waals surface area contributed by atoms with Crippen molar-refractivity contribution >= 4 is 28.8 Å². The zero-order chi connectivity index (χ0) is 17.6. The van der Waals surface area contributed by atoms with E-state index < -0.39 is 29.3 Å². The molecule has 4 rings (SSSR count). The quantitative estimate of drug-likeness (QED) is 0.837. The third-order valence-electron chi connectivity index (χ3n) is 4.83.